The highest BCUT2D eigenvalue weighted by molar-refractivity contribution is 8.00. The van der Waals surface area contributed by atoms with Gasteiger partial charge in [-0.25, -0.2) is 9.59 Å². The predicted molar refractivity (Wildman–Crippen MR) is 119 cm³/mol. The van der Waals surface area contributed by atoms with Crippen molar-refractivity contribution in [3.8, 4) is 0 Å². The monoisotopic (exact) mass is 493 g/mol. The number of rotatable bonds is 8. The Hall–Kier alpha value is -2.99. The van der Waals surface area contributed by atoms with Gasteiger partial charge in [-0.05, 0) is 25.0 Å². The Labute approximate surface area is 200 Å². The maximum Gasteiger partial charge on any atom is 0.407 e. The summed E-state index contributed by atoms with van der Waals surface area (Å²) in [5.41, 5.74) is 0.120. The smallest absolute Gasteiger partial charge is 0.407 e. The molecule has 3 amide bonds. The van der Waals surface area contributed by atoms with E-state index in [-0.39, 0.29) is 29.9 Å². The van der Waals surface area contributed by atoms with Crippen molar-refractivity contribution in [1.29, 1.82) is 0 Å². The van der Waals surface area contributed by atoms with Crippen LogP contribution in [0, 0.1) is 0 Å². The standard InChI is InChI=1S/C22H27N3O8S/c1-31-17(14-8-5-9-32-14)18(26)24-15-19(27)25-16(21(28)29)12(11-34-20(15)25)10-33-22(30)23-13-6-3-2-4-7-13/h5,8-9,13,15,17,20H,2-4,6-7,10-11H2,1H3,(H,23,30)(H,24,26)(H,28,29)/t15-,17?,20-/m1/s1. The second-order valence-electron chi connectivity index (χ2n) is 8.34. The van der Waals surface area contributed by atoms with Crippen LogP contribution in [0.3, 0.4) is 0 Å². The zero-order chi connectivity index (χ0) is 24.2. The molecule has 3 aliphatic rings. The van der Waals surface area contributed by atoms with E-state index in [2.05, 4.69) is 10.6 Å². The largest absolute Gasteiger partial charge is 0.477 e. The number of ether oxygens (including phenoxy) is 2. The minimum absolute atomic E-state index is 0.0673. The van der Waals surface area contributed by atoms with Crippen LogP contribution in [0.25, 0.3) is 0 Å². The van der Waals surface area contributed by atoms with E-state index in [9.17, 15) is 24.3 Å². The number of hydrogen-bond donors (Lipinski definition) is 3. The molecule has 1 unspecified atom stereocenters. The van der Waals surface area contributed by atoms with Crippen molar-refractivity contribution >= 4 is 35.6 Å². The zero-order valence-electron chi connectivity index (χ0n) is 18.7. The molecule has 3 heterocycles. The quantitative estimate of drug-likeness (QED) is 0.461. The number of carbonyl (C=O) groups is 4. The number of nitrogens with one attached hydrogen (secondary N) is 2. The Balaban J connectivity index is 1.38. The third-order valence-corrected chi connectivity index (χ3v) is 7.47. The number of methoxy groups -OCH3 is 1. The van der Waals surface area contributed by atoms with Gasteiger partial charge >= 0.3 is 12.1 Å². The van der Waals surface area contributed by atoms with Crippen LogP contribution in [-0.4, -0.2) is 70.8 Å². The number of alkyl carbamates (subject to hydrolysis) is 1. The molecular weight excluding hydrogens is 466 g/mol. The lowest BCUT2D eigenvalue weighted by Crippen LogP contribution is -2.71. The molecule has 1 saturated carbocycles. The SMILES string of the molecule is COC(C(=O)N[C@@H]1C(=O)N2C(C(=O)O)=C(COC(=O)NC3CCCCC3)CS[C@H]12)c1ccco1. The molecule has 184 valence electrons. The summed E-state index contributed by atoms with van der Waals surface area (Å²) in [4.78, 5) is 50.7. The summed E-state index contributed by atoms with van der Waals surface area (Å²) in [6.07, 6.45) is 4.83. The number of hydrogen-bond acceptors (Lipinski definition) is 8. The second kappa shape index (κ2) is 10.5. The molecule has 3 atom stereocenters. The number of fused-ring (bicyclic) bond motifs is 1. The molecule has 1 aliphatic carbocycles. The number of nitrogens with zero attached hydrogens (tertiary/aromatic N) is 1. The van der Waals surface area contributed by atoms with Crippen LogP contribution in [0.15, 0.2) is 34.1 Å². The molecule has 11 nitrogen and oxygen atoms in total. The van der Waals surface area contributed by atoms with Crippen LogP contribution in [-0.2, 0) is 23.9 Å². The molecule has 2 aliphatic heterocycles. The van der Waals surface area contributed by atoms with E-state index in [0.717, 1.165) is 37.0 Å². The van der Waals surface area contributed by atoms with Crippen molar-refractivity contribution < 1.29 is 38.2 Å². The minimum atomic E-state index is -1.29. The summed E-state index contributed by atoms with van der Waals surface area (Å²) in [6.45, 7) is -0.231. The molecule has 0 bridgehead atoms. The topological polar surface area (TPSA) is 147 Å². The number of thioether (sulfide) groups is 1. The number of carbonyl (C=O) groups excluding carboxylic acids is 3. The minimum Gasteiger partial charge on any atom is -0.477 e. The van der Waals surface area contributed by atoms with Gasteiger partial charge in [-0.15, -0.1) is 11.8 Å². The summed E-state index contributed by atoms with van der Waals surface area (Å²) in [7, 11) is 1.35. The number of amides is 3. The first kappa shape index (κ1) is 24.1. The van der Waals surface area contributed by atoms with E-state index in [1.165, 1.54) is 25.1 Å². The lowest BCUT2D eigenvalue weighted by atomic mass is 9.96. The van der Waals surface area contributed by atoms with Gasteiger partial charge in [-0.3, -0.25) is 14.5 Å². The Morgan fingerprint density at radius 3 is 2.68 bits per heavy atom. The van der Waals surface area contributed by atoms with Gasteiger partial charge in [0.05, 0.1) is 6.26 Å². The second-order valence-corrected chi connectivity index (χ2v) is 9.44. The van der Waals surface area contributed by atoms with Crippen LogP contribution in [0.1, 0.15) is 44.0 Å². The Kier molecular flexibility index (Phi) is 7.47. The first-order valence-corrected chi connectivity index (χ1v) is 12.2. The predicted octanol–water partition coefficient (Wildman–Crippen LogP) is 1.76. The van der Waals surface area contributed by atoms with Gasteiger partial charge < -0.3 is 29.6 Å². The average molecular weight is 494 g/mol. The Bertz CT molecular complexity index is 973. The van der Waals surface area contributed by atoms with Crippen LogP contribution in [0.5, 0.6) is 0 Å². The van der Waals surface area contributed by atoms with Crippen molar-refractivity contribution in [2.24, 2.45) is 0 Å². The fourth-order valence-electron chi connectivity index (χ4n) is 4.42. The third kappa shape index (κ3) is 4.92. The molecular formula is C22H27N3O8S. The average Bonchev–Trinajstić information content (AvgIpc) is 3.36. The van der Waals surface area contributed by atoms with Gasteiger partial charge in [0.15, 0.2) is 6.10 Å². The van der Waals surface area contributed by atoms with Crippen LogP contribution >= 0.6 is 11.8 Å². The van der Waals surface area contributed by atoms with Crippen LogP contribution in [0.4, 0.5) is 4.79 Å². The lowest BCUT2D eigenvalue weighted by Gasteiger charge is -2.49. The number of β-lactam (4-membered cyclic amide) rings is 1. The van der Waals surface area contributed by atoms with E-state index in [0.29, 0.717) is 5.57 Å². The molecule has 3 N–H and O–H groups in total. The summed E-state index contributed by atoms with van der Waals surface area (Å²) in [5.74, 6) is -1.88. The molecule has 1 saturated heterocycles. The van der Waals surface area contributed by atoms with Crippen molar-refractivity contribution in [2.45, 2.75) is 55.7 Å². The van der Waals surface area contributed by atoms with Gasteiger partial charge in [0, 0.05) is 24.5 Å². The molecule has 2 fully saturated rings. The summed E-state index contributed by atoms with van der Waals surface area (Å²) >= 11 is 1.29. The number of carboxylic acid groups (broad SMARTS) is 1. The van der Waals surface area contributed by atoms with Gasteiger partial charge in [-0.1, -0.05) is 19.3 Å². The highest BCUT2D eigenvalue weighted by Crippen LogP contribution is 2.40. The Morgan fingerprint density at radius 2 is 2.03 bits per heavy atom. The summed E-state index contributed by atoms with van der Waals surface area (Å²) in [5, 5.41) is 14.6. The maximum absolute atomic E-state index is 12.8. The third-order valence-electron chi connectivity index (χ3n) is 6.13. The van der Waals surface area contributed by atoms with Crippen molar-refractivity contribution in [3.05, 3.63) is 35.4 Å². The fourth-order valence-corrected chi connectivity index (χ4v) is 5.75. The Morgan fingerprint density at radius 1 is 1.26 bits per heavy atom. The number of carboxylic acids is 1. The number of furan rings is 1. The van der Waals surface area contributed by atoms with Gasteiger partial charge in [0.2, 0.25) is 0 Å². The van der Waals surface area contributed by atoms with Gasteiger partial charge in [0.1, 0.15) is 29.5 Å². The molecule has 1 aromatic rings. The molecule has 4 rings (SSSR count). The molecule has 12 heteroatoms. The first-order chi connectivity index (χ1) is 16.4. The van der Waals surface area contributed by atoms with Crippen molar-refractivity contribution in [1.82, 2.24) is 15.5 Å². The maximum atomic E-state index is 12.8. The normalized spacial score (nSPS) is 23.6. The lowest BCUT2D eigenvalue weighted by molar-refractivity contribution is -0.152. The van der Waals surface area contributed by atoms with Crippen LogP contribution < -0.4 is 10.6 Å². The summed E-state index contributed by atoms with van der Waals surface area (Å²) < 4.78 is 15.7. The fraction of sp³-hybridized carbons (Fsp3) is 0.545. The van der Waals surface area contributed by atoms with Crippen molar-refractivity contribution in [2.75, 3.05) is 19.5 Å². The molecule has 0 spiro atoms. The molecule has 1 aromatic heterocycles. The highest BCUT2D eigenvalue weighted by Gasteiger charge is 2.54. The van der Waals surface area contributed by atoms with E-state index in [4.69, 9.17) is 13.9 Å². The number of aliphatic carboxylic acids is 1. The van der Waals surface area contributed by atoms with Crippen LogP contribution in [0.2, 0.25) is 0 Å². The van der Waals surface area contributed by atoms with E-state index in [1.807, 2.05) is 0 Å². The van der Waals surface area contributed by atoms with Gasteiger partial charge in [-0.2, -0.15) is 0 Å². The van der Waals surface area contributed by atoms with Crippen molar-refractivity contribution in [3.63, 3.8) is 0 Å². The van der Waals surface area contributed by atoms with E-state index >= 15 is 0 Å². The first-order valence-electron chi connectivity index (χ1n) is 11.1. The molecule has 0 aromatic carbocycles. The van der Waals surface area contributed by atoms with E-state index in [1.54, 1.807) is 12.1 Å². The summed E-state index contributed by atoms with van der Waals surface area (Å²) in [6, 6.07) is 2.36. The highest BCUT2D eigenvalue weighted by atomic mass is 32.2. The van der Waals surface area contributed by atoms with E-state index < -0.39 is 41.4 Å². The van der Waals surface area contributed by atoms with Gasteiger partial charge in [0.25, 0.3) is 11.8 Å². The molecule has 34 heavy (non-hydrogen) atoms. The zero-order valence-corrected chi connectivity index (χ0v) is 19.5. The molecule has 0 radical (unpaired) electrons.